The second kappa shape index (κ2) is 15.7. The van der Waals surface area contributed by atoms with Crippen molar-refractivity contribution < 1.29 is 9.90 Å². The fraction of sp³-hybridized carbons (Fsp3) is 0. The predicted molar refractivity (Wildman–Crippen MR) is 36.0 cm³/mol. The van der Waals surface area contributed by atoms with E-state index in [9.17, 15) is 0 Å². The number of hydrogen-bond acceptors (Lipinski definition) is 4. The Morgan fingerprint density at radius 3 is 1.88 bits per heavy atom. The van der Waals surface area contributed by atoms with Crippen molar-refractivity contribution in [1.82, 2.24) is 0 Å². The van der Waals surface area contributed by atoms with Gasteiger partial charge in [0.25, 0.3) is 0 Å². The summed E-state index contributed by atoms with van der Waals surface area (Å²) in [5, 5.41) is 8.25. The molecule has 0 aromatic rings. The number of carbonyl (C=O) groups excluding carboxylic acids is 1. The smallest absolute Gasteiger partial charge is 0.554 e. The number of nitrogens with two attached hydrogens (primary N) is 1. The minimum Gasteiger partial charge on any atom is -0.554 e. The summed E-state index contributed by atoms with van der Waals surface area (Å²) < 4.78 is 0.0833. The van der Waals surface area contributed by atoms with E-state index in [0.717, 1.165) is 0 Å². The molecule has 0 saturated carbocycles. The summed E-state index contributed by atoms with van der Waals surface area (Å²) in [5.74, 6) is 0. The second-order valence-electron chi connectivity index (χ2n) is 0.415. The summed E-state index contributed by atoms with van der Waals surface area (Å²) in [7, 11) is 0. The molecule has 0 heterocycles. The van der Waals surface area contributed by atoms with Crippen molar-refractivity contribution in [2.75, 3.05) is 0 Å². The van der Waals surface area contributed by atoms with Crippen LogP contribution in [-0.4, -0.2) is 48.5 Å². The first-order valence-corrected chi connectivity index (χ1v) is 1.98. The molecule has 42 valence electrons. The van der Waals surface area contributed by atoms with Crippen molar-refractivity contribution in [3.05, 3.63) is 0 Å². The summed E-state index contributed by atoms with van der Waals surface area (Å²) in [4.78, 5) is 8.25. The fourth-order valence-electron chi connectivity index (χ4n) is 0. The van der Waals surface area contributed by atoms with Crippen LogP contribution in [0.15, 0.2) is 0 Å². The van der Waals surface area contributed by atoms with E-state index in [0.29, 0.717) is 0 Å². The number of carboxylic acid groups (broad SMARTS) is 1. The van der Waals surface area contributed by atoms with E-state index in [1.807, 2.05) is 0 Å². The van der Waals surface area contributed by atoms with Crippen molar-refractivity contribution in [2.24, 2.45) is 5.73 Å². The Morgan fingerprint density at radius 2 is 1.88 bits per heavy atom. The molecule has 0 aromatic heterocycles. The molecule has 3 nitrogen and oxygen atoms in total. The molecule has 0 aliphatic heterocycles. The SMILES string of the molecule is NC(=S)[S-].O=C[O-].[Ca+2]. The predicted octanol–water partition coefficient (Wildman–Crippen LogP) is -2.24. The Labute approximate surface area is 88.0 Å². The van der Waals surface area contributed by atoms with Crippen molar-refractivity contribution in [3.63, 3.8) is 0 Å². The first kappa shape index (κ1) is 15.9. The molecule has 0 atom stereocenters. The van der Waals surface area contributed by atoms with Gasteiger partial charge in [-0.1, -0.05) is 4.32 Å². The molecule has 0 spiro atoms. The van der Waals surface area contributed by atoms with Crippen LogP contribution in [0.25, 0.3) is 0 Å². The Morgan fingerprint density at radius 1 is 1.88 bits per heavy atom. The van der Waals surface area contributed by atoms with Gasteiger partial charge in [-0.25, -0.2) is 0 Å². The average Bonchev–Trinajstić information content (AvgIpc) is 1.33. The van der Waals surface area contributed by atoms with Crippen molar-refractivity contribution in [2.45, 2.75) is 0 Å². The Balaban J connectivity index is -0.0000000575. The first-order valence-electron chi connectivity index (χ1n) is 1.17. The monoisotopic (exact) mass is 177 g/mol. The zero-order valence-electron chi connectivity index (χ0n) is 3.99. The van der Waals surface area contributed by atoms with Gasteiger partial charge in [-0.05, 0) is 0 Å². The van der Waals surface area contributed by atoms with Crippen LogP contribution in [-0.2, 0) is 17.4 Å². The third-order valence-electron chi connectivity index (χ3n) is 0. The van der Waals surface area contributed by atoms with Crippen LogP contribution < -0.4 is 10.8 Å². The van der Waals surface area contributed by atoms with Crippen molar-refractivity contribution in [3.8, 4) is 0 Å². The maximum absolute atomic E-state index is 8.25. The molecule has 0 aromatic carbocycles. The summed E-state index contributed by atoms with van der Waals surface area (Å²) in [6.45, 7) is -0.500. The molecule has 0 unspecified atom stereocenters. The molecule has 0 aliphatic rings. The third-order valence-corrected chi connectivity index (χ3v) is 0. The van der Waals surface area contributed by atoms with Crippen LogP contribution in [0.3, 0.4) is 0 Å². The standard InChI is InChI=1S/CH3NS2.CH2O2.Ca/c2-1(3)4;2-1-3;/h(H3,2,3,4);1H,(H,2,3);/q;;+2/p-2. The van der Waals surface area contributed by atoms with Gasteiger partial charge in [-0.2, -0.15) is 0 Å². The third kappa shape index (κ3) is 331. The maximum atomic E-state index is 8.25. The molecular formula is C2H3CaNO2S2. The van der Waals surface area contributed by atoms with Gasteiger partial charge < -0.3 is 40.5 Å². The molecule has 0 amide bonds. The molecule has 2 N–H and O–H groups in total. The zero-order chi connectivity index (χ0) is 6.28. The molecule has 0 fully saturated rings. The van der Waals surface area contributed by atoms with E-state index in [1.54, 1.807) is 0 Å². The van der Waals surface area contributed by atoms with Gasteiger partial charge in [0.1, 0.15) is 0 Å². The molecule has 8 heavy (non-hydrogen) atoms. The van der Waals surface area contributed by atoms with Gasteiger partial charge in [0, 0.05) is 6.47 Å². The van der Waals surface area contributed by atoms with Crippen LogP contribution in [0.1, 0.15) is 0 Å². The fourth-order valence-corrected chi connectivity index (χ4v) is 0. The normalized spacial score (nSPS) is 4.50. The summed E-state index contributed by atoms with van der Waals surface area (Å²) >= 11 is 8.26. The van der Waals surface area contributed by atoms with E-state index >= 15 is 0 Å². The molecule has 6 heteroatoms. The van der Waals surface area contributed by atoms with Gasteiger partial charge in [-0.3, -0.25) is 0 Å². The van der Waals surface area contributed by atoms with Crippen molar-refractivity contribution >= 4 is 73.4 Å². The van der Waals surface area contributed by atoms with Crippen LogP contribution in [0.5, 0.6) is 0 Å². The van der Waals surface area contributed by atoms with Crippen LogP contribution in [0.2, 0.25) is 0 Å². The Bertz CT molecular complexity index is 65.1. The van der Waals surface area contributed by atoms with Gasteiger partial charge in [0.2, 0.25) is 0 Å². The van der Waals surface area contributed by atoms with Gasteiger partial charge in [0.05, 0.1) is 0 Å². The van der Waals surface area contributed by atoms with Gasteiger partial charge in [0.15, 0.2) is 0 Å². The van der Waals surface area contributed by atoms with Crippen LogP contribution in [0, 0.1) is 0 Å². The molecule has 0 bridgehead atoms. The zero-order valence-corrected chi connectivity index (χ0v) is 7.84. The minimum absolute atomic E-state index is 0. The van der Waals surface area contributed by atoms with E-state index in [-0.39, 0.29) is 42.1 Å². The molecule has 0 rings (SSSR count). The topological polar surface area (TPSA) is 66.2 Å². The van der Waals surface area contributed by atoms with E-state index < -0.39 is 6.47 Å². The van der Waals surface area contributed by atoms with Crippen LogP contribution >= 0.6 is 12.2 Å². The number of carbonyl (C=O) groups is 1. The van der Waals surface area contributed by atoms with E-state index in [1.165, 1.54) is 0 Å². The maximum Gasteiger partial charge on any atom is 2.00 e. The first-order chi connectivity index (χ1) is 3.15. The van der Waals surface area contributed by atoms with E-state index in [2.05, 4.69) is 30.6 Å². The largest absolute Gasteiger partial charge is 2.00 e. The summed E-state index contributed by atoms with van der Waals surface area (Å²) in [6.07, 6.45) is 0. The molecule has 0 radical (unpaired) electrons. The minimum atomic E-state index is -0.500. The number of rotatable bonds is 0. The second-order valence-corrected chi connectivity index (χ2v) is 1.55. The molecular weight excluding hydrogens is 174 g/mol. The number of hydrogen-bond donors (Lipinski definition) is 1. The summed E-state index contributed by atoms with van der Waals surface area (Å²) in [5.41, 5.74) is 4.66. The van der Waals surface area contributed by atoms with Crippen LogP contribution in [0.4, 0.5) is 0 Å². The molecule has 0 aliphatic carbocycles. The summed E-state index contributed by atoms with van der Waals surface area (Å²) in [6, 6.07) is 0. The molecule has 0 saturated heterocycles. The average molecular weight is 177 g/mol. The van der Waals surface area contributed by atoms with Crippen molar-refractivity contribution in [1.29, 1.82) is 0 Å². The quantitative estimate of drug-likeness (QED) is 0.196. The van der Waals surface area contributed by atoms with Gasteiger partial charge >= 0.3 is 37.7 Å². The number of thiocarbonyl (C=S) groups is 1. The van der Waals surface area contributed by atoms with E-state index in [4.69, 9.17) is 9.90 Å². The Kier molecular flexibility index (Phi) is 31.2. The van der Waals surface area contributed by atoms with Gasteiger partial charge in [-0.15, -0.1) is 0 Å². The Hall–Kier alpha value is 0.840.